The summed E-state index contributed by atoms with van der Waals surface area (Å²) in [4.78, 5) is 5.32. The van der Waals surface area contributed by atoms with Crippen LogP contribution in [-0.4, -0.2) is 44.0 Å². The number of rotatable bonds is 17. The molecule has 5 rings (SSSR count). The third-order valence-electron chi connectivity index (χ3n) is 9.84. The van der Waals surface area contributed by atoms with E-state index >= 15 is 0 Å². The average Bonchev–Trinajstić information content (AvgIpc) is 3.69. The largest absolute Gasteiger partial charge is 0.310 e. The molecule has 0 amide bonds. The van der Waals surface area contributed by atoms with Crippen LogP contribution in [0.15, 0.2) is 173 Å². The molecule has 4 aromatic carbocycles. The SMILES string of the molecule is [C-]#[N+]C(C#N)=C(C(C#N)=CC=CC1=C(N(c2ccccc2)c2ccc(NS(C)(=O)=O)cc2)C(=CC=CC(C#N)=C(c2ccc(NS(C)(=O)=O)cc2)C(C#N)C#N)CC1)c1ccc(NS(C)(=O)=O)cc1. The Morgan fingerprint density at radius 3 is 1.62 bits per heavy atom. The summed E-state index contributed by atoms with van der Waals surface area (Å²) in [7, 11) is -10.8. The minimum atomic E-state index is -3.60. The smallest absolute Gasteiger partial charge is 0.270 e. The van der Waals surface area contributed by atoms with Crippen molar-refractivity contribution in [2.45, 2.75) is 12.8 Å². The van der Waals surface area contributed by atoms with E-state index in [1.807, 2.05) is 53.4 Å². The van der Waals surface area contributed by atoms with Crippen molar-refractivity contribution in [3.05, 3.63) is 196 Å². The Labute approximate surface area is 402 Å². The highest BCUT2D eigenvalue weighted by atomic mass is 32.2. The first kappa shape index (κ1) is 51.0. The Hall–Kier alpha value is -8.95. The summed E-state index contributed by atoms with van der Waals surface area (Å²) in [5, 5.41) is 50.7. The van der Waals surface area contributed by atoms with Gasteiger partial charge in [0.15, 0.2) is 5.92 Å². The number of allylic oxidation sites excluding steroid dienone is 13. The van der Waals surface area contributed by atoms with Crippen LogP contribution in [-0.2, 0) is 30.1 Å². The zero-order valence-corrected chi connectivity index (χ0v) is 39.5. The molecule has 0 spiro atoms. The van der Waals surface area contributed by atoms with Crippen molar-refractivity contribution in [3.63, 3.8) is 0 Å². The molecule has 0 heterocycles. The van der Waals surface area contributed by atoms with Gasteiger partial charge in [0.25, 0.3) is 5.70 Å². The van der Waals surface area contributed by atoms with Gasteiger partial charge in [0, 0.05) is 39.6 Å². The molecule has 344 valence electrons. The number of sulfonamides is 3. The molecule has 0 saturated heterocycles. The molecule has 0 aromatic heterocycles. The molecule has 3 N–H and O–H groups in total. The second-order valence-corrected chi connectivity index (χ2v) is 20.3. The second-order valence-electron chi connectivity index (χ2n) is 15.0. The van der Waals surface area contributed by atoms with E-state index in [9.17, 15) is 51.6 Å². The van der Waals surface area contributed by atoms with Gasteiger partial charge in [-0.1, -0.05) is 66.8 Å². The van der Waals surface area contributed by atoms with Crippen LogP contribution in [0.1, 0.15) is 24.0 Å². The number of benzene rings is 4. The van der Waals surface area contributed by atoms with Crippen molar-refractivity contribution < 1.29 is 25.3 Å². The van der Waals surface area contributed by atoms with Gasteiger partial charge < -0.3 is 4.90 Å². The lowest BCUT2D eigenvalue weighted by Crippen LogP contribution is -2.18. The summed E-state index contributed by atoms with van der Waals surface area (Å²) in [6.07, 6.45) is 13.6. The van der Waals surface area contributed by atoms with Crippen molar-refractivity contribution in [2.24, 2.45) is 5.92 Å². The van der Waals surface area contributed by atoms with Crippen LogP contribution in [0.3, 0.4) is 0 Å². The van der Waals surface area contributed by atoms with E-state index in [2.05, 4.69) is 31.1 Å². The molecule has 1 aliphatic carbocycles. The predicted octanol–water partition coefficient (Wildman–Crippen LogP) is 8.97. The summed E-state index contributed by atoms with van der Waals surface area (Å²) < 4.78 is 78.6. The lowest BCUT2D eigenvalue weighted by molar-refractivity contribution is 0.605. The minimum Gasteiger partial charge on any atom is -0.310 e. The zero-order valence-electron chi connectivity index (χ0n) is 37.1. The molecule has 19 heteroatoms. The molecule has 16 nitrogen and oxygen atoms in total. The van der Waals surface area contributed by atoms with Gasteiger partial charge in [0.2, 0.25) is 30.1 Å². The predicted molar refractivity (Wildman–Crippen MR) is 266 cm³/mol. The van der Waals surface area contributed by atoms with Gasteiger partial charge in [0.05, 0.1) is 72.5 Å². The normalized spacial score (nSPS) is 14.4. The number of nitriles is 5. The maximum atomic E-state index is 12.1. The van der Waals surface area contributed by atoms with Crippen LogP contribution in [0.5, 0.6) is 0 Å². The molecule has 0 bridgehead atoms. The summed E-state index contributed by atoms with van der Waals surface area (Å²) in [6.45, 7) is 7.70. The number of anilines is 5. The quantitative estimate of drug-likeness (QED) is 0.0508. The van der Waals surface area contributed by atoms with Crippen molar-refractivity contribution in [1.82, 2.24) is 0 Å². The first-order chi connectivity index (χ1) is 32.8. The third-order valence-corrected chi connectivity index (χ3v) is 11.7. The van der Waals surface area contributed by atoms with Gasteiger partial charge in [-0.25, -0.2) is 35.4 Å². The fourth-order valence-corrected chi connectivity index (χ4v) is 8.82. The van der Waals surface area contributed by atoms with E-state index < -0.39 is 36.0 Å². The van der Waals surface area contributed by atoms with E-state index in [1.165, 1.54) is 60.7 Å². The van der Waals surface area contributed by atoms with E-state index in [-0.39, 0.29) is 39.4 Å². The molecular formula is C50H40N10O6S3. The molecular weight excluding hydrogens is 933 g/mol. The van der Waals surface area contributed by atoms with Crippen LogP contribution < -0.4 is 19.1 Å². The summed E-state index contributed by atoms with van der Waals surface area (Å²) in [5.74, 6) is -1.37. The van der Waals surface area contributed by atoms with Crippen molar-refractivity contribution in [2.75, 3.05) is 37.8 Å². The molecule has 1 aliphatic rings. The highest BCUT2D eigenvalue weighted by Gasteiger charge is 2.26. The number of nitrogens with one attached hydrogen (secondary N) is 3. The van der Waals surface area contributed by atoms with Crippen molar-refractivity contribution in [3.8, 4) is 30.3 Å². The maximum Gasteiger partial charge on any atom is 0.270 e. The molecule has 0 aliphatic heterocycles. The van der Waals surface area contributed by atoms with Crippen molar-refractivity contribution in [1.29, 1.82) is 26.3 Å². The lowest BCUT2D eigenvalue weighted by Gasteiger charge is -2.28. The molecule has 0 atom stereocenters. The number of hydrogen-bond donors (Lipinski definition) is 3. The zero-order chi connectivity index (χ0) is 50.4. The van der Waals surface area contributed by atoms with Gasteiger partial charge in [-0.15, -0.1) is 0 Å². The topological polar surface area (TPSA) is 265 Å². The molecule has 0 saturated carbocycles. The van der Waals surface area contributed by atoms with Crippen LogP contribution in [0.4, 0.5) is 28.4 Å². The number of nitrogens with zero attached hydrogens (tertiary/aromatic N) is 7. The molecule has 0 fully saturated rings. The Kier molecular flexibility index (Phi) is 16.6. The Morgan fingerprint density at radius 1 is 0.652 bits per heavy atom. The van der Waals surface area contributed by atoms with Gasteiger partial charge in [0.1, 0.15) is 0 Å². The lowest BCUT2D eigenvalue weighted by atomic mass is 9.90. The monoisotopic (exact) mass is 972 g/mol. The third kappa shape index (κ3) is 14.0. The standard InChI is InChI=1S/C50H40N10O6S3/c1-56-47(34-55)49(36-20-24-43(25-21-36)58-68(3,63)64)40(31-52)13-9-11-38-17-16-37(50(38)60(45-14-6-5-7-15-45)46-28-26-44(27-29-46)59-69(4,65)66)10-8-12-39(30-51)48(41(32-53)33-54)35-18-22-42(23-19-35)57-67(2,61)62/h5-15,18-29,41,57-59H,16-17H2,2-4H3. The Bertz CT molecular complexity index is 3450. The van der Waals surface area contributed by atoms with E-state index in [1.54, 1.807) is 48.6 Å². The number of hydrogen-bond acceptors (Lipinski definition) is 12. The fraction of sp³-hybridized carbons (Fsp3) is 0.120. The van der Waals surface area contributed by atoms with Gasteiger partial charge >= 0.3 is 0 Å². The minimum absolute atomic E-state index is 0.00298. The highest BCUT2D eigenvalue weighted by molar-refractivity contribution is 7.92. The second kappa shape index (κ2) is 22.5. The van der Waals surface area contributed by atoms with E-state index in [0.29, 0.717) is 46.7 Å². The number of para-hydroxylation sites is 1. The van der Waals surface area contributed by atoms with Crippen molar-refractivity contribution >= 4 is 69.7 Å². The molecule has 0 unspecified atom stereocenters. The summed E-state index contributed by atoms with van der Waals surface area (Å²) in [6, 6.07) is 37.7. The van der Waals surface area contributed by atoms with Gasteiger partial charge in [-0.3, -0.25) is 14.2 Å². The maximum absolute atomic E-state index is 12.1. The Balaban J connectivity index is 1.70. The first-order valence-electron chi connectivity index (χ1n) is 20.3. The molecule has 69 heavy (non-hydrogen) atoms. The van der Waals surface area contributed by atoms with E-state index in [0.717, 1.165) is 29.9 Å². The average molecular weight is 973 g/mol. The van der Waals surface area contributed by atoms with Crippen LogP contribution in [0, 0.1) is 69.1 Å². The highest BCUT2D eigenvalue weighted by Crippen LogP contribution is 2.42. The molecule has 4 aromatic rings. The van der Waals surface area contributed by atoms with Crippen LogP contribution >= 0.6 is 0 Å². The molecule has 0 radical (unpaired) electrons. The Morgan fingerprint density at radius 2 is 1.16 bits per heavy atom. The van der Waals surface area contributed by atoms with Gasteiger partial charge in [-0.2, -0.15) is 21.0 Å². The summed E-state index contributed by atoms with van der Waals surface area (Å²) >= 11 is 0. The summed E-state index contributed by atoms with van der Waals surface area (Å²) in [5.41, 5.74) is 4.71. The van der Waals surface area contributed by atoms with Crippen LogP contribution in [0.25, 0.3) is 16.0 Å². The van der Waals surface area contributed by atoms with Crippen LogP contribution in [0.2, 0.25) is 0 Å². The first-order valence-corrected chi connectivity index (χ1v) is 25.9. The van der Waals surface area contributed by atoms with Gasteiger partial charge in [-0.05, 0) is 108 Å². The fourth-order valence-electron chi connectivity index (χ4n) is 7.13. The van der Waals surface area contributed by atoms with E-state index in [4.69, 9.17) is 6.57 Å².